The maximum Gasteiger partial charge on any atom is 0.251 e. The van der Waals surface area contributed by atoms with Crippen molar-refractivity contribution in [3.63, 3.8) is 0 Å². The van der Waals surface area contributed by atoms with Gasteiger partial charge in [0, 0.05) is 18.0 Å². The van der Waals surface area contributed by atoms with Crippen molar-refractivity contribution in [1.29, 1.82) is 0 Å². The number of rotatable bonds is 1. The van der Waals surface area contributed by atoms with Crippen LogP contribution in [0.3, 0.4) is 0 Å². The van der Waals surface area contributed by atoms with Crippen LogP contribution in [0.4, 0.5) is 0 Å². The maximum absolute atomic E-state index is 12.1. The van der Waals surface area contributed by atoms with E-state index < -0.39 is 0 Å². The zero-order chi connectivity index (χ0) is 18.5. The van der Waals surface area contributed by atoms with E-state index in [1.165, 1.54) is 22.2 Å². The lowest BCUT2D eigenvalue weighted by Gasteiger charge is -2.12. The Balaban J connectivity index is 1.93. The molecule has 0 aliphatic rings. The molecule has 0 heterocycles. The van der Waals surface area contributed by atoms with Gasteiger partial charge in [-0.15, -0.1) is 0 Å². The molecule has 0 saturated heterocycles. The Labute approximate surface area is 155 Å². The molecular weight excluding hydrogens is 334 g/mol. The minimum atomic E-state index is -0.212. The normalized spacial score (nSPS) is 11.4. The molecule has 1 amide bonds. The molecule has 0 saturated carbocycles. The van der Waals surface area contributed by atoms with Crippen LogP contribution in [-0.4, -0.2) is 18.1 Å². The summed E-state index contributed by atoms with van der Waals surface area (Å²) >= 11 is 0. The van der Waals surface area contributed by atoms with E-state index in [2.05, 4.69) is 47.8 Å². The molecular formula is C24H17NO2. The quantitative estimate of drug-likeness (QED) is 0.399. The zero-order valence-electron chi connectivity index (χ0n) is 14.8. The molecule has 0 aromatic heterocycles. The van der Waals surface area contributed by atoms with Gasteiger partial charge in [0.2, 0.25) is 0 Å². The number of carbonyl (C=O) groups is 1. The van der Waals surface area contributed by atoms with Gasteiger partial charge in [-0.25, -0.2) is 0 Å². The largest absolute Gasteiger partial charge is 0.507 e. The smallest absolute Gasteiger partial charge is 0.251 e. The summed E-state index contributed by atoms with van der Waals surface area (Å²) in [7, 11) is 1.59. The summed E-state index contributed by atoms with van der Waals surface area (Å²) in [6.07, 6.45) is 0. The van der Waals surface area contributed by atoms with Gasteiger partial charge < -0.3 is 10.4 Å². The van der Waals surface area contributed by atoms with E-state index in [9.17, 15) is 9.90 Å². The molecule has 3 nitrogen and oxygen atoms in total. The minimum Gasteiger partial charge on any atom is -0.507 e. The fourth-order valence-electron chi connectivity index (χ4n) is 4.00. The number of aromatic hydroxyl groups is 1. The second kappa shape index (κ2) is 5.71. The lowest BCUT2D eigenvalue weighted by molar-refractivity contribution is 0.0963. The van der Waals surface area contributed by atoms with Crippen LogP contribution in [-0.2, 0) is 0 Å². The number of benzene rings is 5. The Morgan fingerprint density at radius 3 is 2.04 bits per heavy atom. The summed E-state index contributed by atoms with van der Waals surface area (Å²) in [6, 6.07) is 24.2. The van der Waals surface area contributed by atoms with E-state index >= 15 is 0 Å². The number of amides is 1. The van der Waals surface area contributed by atoms with E-state index in [1.807, 2.05) is 24.3 Å². The van der Waals surface area contributed by atoms with E-state index in [-0.39, 0.29) is 11.7 Å². The van der Waals surface area contributed by atoms with Crippen molar-refractivity contribution in [3.8, 4) is 5.75 Å². The van der Waals surface area contributed by atoms with Crippen molar-refractivity contribution in [3.05, 3.63) is 78.4 Å². The van der Waals surface area contributed by atoms with Gasteiger partial charge in [-0.3, -0.25) is 4.79 Å². The molecule has 0 aliphatic heterocycles. The molecule has 0 aliphatic carbocycles. The third-order valence-corrected chi connectivity index (χ3v) is 5.32. The van der Waals surface area contributed by atoms with Crippen molar-refractivity contribution >= 4 is 49.0 Å². The summed E-state index contributed by atoms with van der Waals surface area (Å²) in [5, 5.41) is 21.6. The maximum atomic E-state index is 12.1. The number of hydrogen-bond acceptors (Lipinski definition) is 2. The third kappa shape index (κ3) is 2.25. The molecule has 130 valence electrons. The van der Waals surface area contributed by atoms with Crippen LogP contribution in [0.15, 0.2) is 72.8 Å². The molecule has 3 heteroatoms. The highest BCUT2D eigenvalue weighted by Gasteiger charge is 2.12. The number of carbonyl (C=O) groups excluding carboxylic acids is 1. The van der Waals surface area contributed by atoms with Gasteiger partial charge in [0.25, 0.3) is 5.91 Å². The second-order valence-corrected chi connectivity index (χ2v) is 6.78. The number of nitrogens with one attached hydrogen (secondary N) is 1. The molecule has 5 aromatic rings. The van der Waals surface area contributed by atoms with Crippen molar-refractivity contribution in [2.24, 2.45) is 0 Å². The van der Waals surface area contributed by atoms with Crippen LogP contribution in [0.5, 0.6) is 5.75 Å². The fourth-order valence-corrected chi connectivity index (χ4v) is 4.00. The summed E-state index contributed by atoms with van der Waals surface area (Å²) in [5.41, 5.74) is 0.452. The highest BCUT2D eigenvalue weighted by Crippen LogP contribution is 2.37. The minimum absolute atomic E-state index is 0.117. The number of hydrogen-bond donors (Lipinski definition) is 2. The third-order valence-electron chi connectivity index (χ3n) is 5.32. The van der Waals surface area contributed by atoms with Crippen molar-refractivity contribution < 1.29 is 9.90 Å². The van der Waals surface area contributed by atoms with Crippen LogP contribution in [0, 0.1) is 0 Å². The number of fused-ring (bicyclic) bond motifs is 7. The summed E-state index contributed by atoms with van der Waals surface area (Å²) in [5.74, 6) is -0.0948. The molecule has 27 heavy (non-hydrogen) atoms. The monoisotopic (exact) mass is 351 g/mol. The first-order valence-electron chi connectivity index (χ1n) is 8.89. The van der Waals surface area contributed by atoms with Gasteiger partial charge in [0.05, 0.1) is 0 Å². The molecule has 0 radical (unpaired) electrons. The highest BCUT2D eigenvalue weighted by molar-refractivity contribution is 6.23. The predicted octanol–water partition coefficient (Wildman–Crippen LogP) is 5.36. The van der Waals surface area contributed by atoms with Gasteiger partial charge in [0.15, 0.2) is 0 Å². The first-order chi connectivity index (χ1) is 13.2. The van der Waals surface area contributed by atoms with Crippen LogP contribution in [0.25, 0.3) is 43.1 Å². The van der Waals surface area contributed by atoms with Crippen LogP contribution >= 0.6 is 0 Å². The van der Waals surface area contributed by atoms with Crippen molar-refractivity contribution in [2.75, 3.05) is 7.05 Å². The second-order valence-electron chi connectivity index (χ2n) is 6.78. The molecule has 5 rings (SSSR count). The van der Waals surface area contributed by atoms with Crippen LogP contribution in [0.1, 0.15) is 10.4 Å². The predicted molar refractivity (Wildman–Crippen MR) is 112 cm³/mol. The molecule has 0 unspecified atom stereocenters. The van der Waals surface area contributed by atoms with Gasteiger partial charge >= 0.3 is 0 Å². The Morgan fingerprint density at radius 2 is 1.30 bits per heavy atom. The Morgan fingerprint density at radius 1 is 0.704 bits per heavy atom. The Hall–Kier alpha value is -3.59. The summed E-state index contributed by atoms with van der Waals surface area (Å²) < 4.78 is 0. The van der Waals surface area contributed by atoms with Crippen molar-refractivity contribution in [1.82, 2.24) is 5.32 Å². The standard InChI is InChI=1S/C24H17NO2/c1-25-24(27)15-12-22-20-9-8-17-16-5-3-2-4-14(16)6-7-18(17)19(20)10-11-21(22)23(26)13-15/h2-13,26H,1H3,(H,25,27). The SMILES string of the molecule is CNC(=O)c1cc(O)c2ccc3c(ccc4c5ccccc5ccc43)c2c1. The Kier molecular flexibility index (Phi) is 3.31. The fraction of sp³-hybridized carbons (Fsp3) is 0.0417. The first-order valence-corrected chi connectivity index (χ1v) is 8.89. The first kappa shape index (κ1) is 15.6. The zero-order valence-corrected chi connectivity index (χ0v) is 14.8. The lowest BCUT2D eigenvalue weighted by Crippen LogP contribution is -2.17. The van der Waals surface area contributed by atoms with Gasteiger partial charge in [-0.05, 0) is 49.8 Å². The summed E-state index contributed by atoms with van der Waals surface area (Å²) in [6.45, 7) is 0. The number of phenols is 1. The molecule has 2 N–H and O–H groups in total. The Bertz CT molecular complexity index is 1390. The summed E-state index contributed by atoms with van der Waals surface area (Å²) in [4.78, 5) is 12.1. The molecule has 5 aromatic carbocycles. The van der Waals surface area contributed by atoms with Crippen LogP contribution in [0.2, 0.25) is 0 Å². The molecule has 0 bridgehead atoms. The van der Waals surface area contributed by atoms with E-state index in [1.54, 1.807) is 7.05 Å². The van der Waals surface area contributed by atoms with Crippen LogP contribution < -0.4 is 5.32 Å². The van der Waals surface area contributed by atoms with Gasteiger partial charge in [-0.1, -0.05) is 60.7 Å². The van der Waals surface area contributed by atoms with E-state index in [0.29, 0.717) is 5.56 Å². The average Bonchev–Trinajstić information content (AvgIpc) is 2.72. The molecule has 0 fully saturated rings. The van der Waals surface area contributed by atoms with Gasteiger partial charge in [0.1, 0.15) is 5.75 Å². The van der Waals surface area contributed by atoms with E-state index in [0.717, 1.165) is 26.9 Å². The topological polar surface area (TPSA) is 49.3 Å². The number of phenolic OH excluding ortho intramolecular Hbond substituents is 1. The van der Waals surface area contributed by atoms with Crippen molar-refractivity contribution in [2.45, 2.75) is 0 Å². The average molecular weight is 351 g/mol. The van der Waals surface area contributed by atoms with E-state index in [4.69, 9.17) is 0 Å². The van der Waals surface area contributed by atoms with Gasteiger partial charge in [-0.2, -0.15) is 0 Å². The molecule has 0 spiro atoms. The molecule has 0 atom stereocenters. The highest BCUT2D eigenvalue weighted by atomic mass is 16.3. The lowest BCUT2D eigenvalue weighted by atomic mass is 9.93.